The fraction of sp³-hybridized carbons (Fsp3) is 0.273. The molecule has 0 saturated heterocycles. The molecule has 0 saturated carbocycles. The van der Waals surface area contributed by atoms with Gasteiger partial charge in [0, 0.05) is 22.2 Å². The number of hydrogen-bond acceptors (Lipinski definition) is 7. The summed E-state index contributed by atoms with van der Waals surface area (Å²) < 4.78 is 34.3. The Kier molecular flexibility index (Phi) is 7.24. The lowest BCUT2D eigenvalue weighted by atomic mass is 9.95. The maximum Gasteiger partial charge on any atom is 0.387 e. The van der Waals surface area contributed by atoms with Crippen LogP contribution in [0.1, 0.15) is 31.1 Å². The summed E-state index contributed by atoms with van der Waals surface area (Å²) in [6, 6.07) is 12.4. The zero-order valence-corrected chi connectivity index (χ0v) is 18.4. The van der Waals surface area contributed by atoms with E-state index in [1.807, 2.05) is 20.8 Å². The lowest BCUT2D eigenvalue weighted by molar-refractivity contribution is -0.123. The molecule has 3 rings (SSSR count). The number of thioether (sulfide) groups is 1. The number of Topliss-reactive ketones (excluding diaryl/α,β-unsaturated/α-hetero) is 1. The maximum atomic E-state index is 12.4. The van der Waals surface area contributed by atoms with Crippen molar-refractivity contribution in [3.8, 4) is 17.2 Å². The molecule has 0 fully saturated rings. The highest BCUT2D eigenvalue weighted by Crippen LogP contribution is 2.26. The number of nitrogens with one attached hydrogen (secondary N) is 1. The van der Waals surface area contributed by atoms with Gasteiger partial charge in [0.2, 0.25) is 11.8 Å². The quantitative estimate of drug-likeness (QED) is 0.359. The third-order valence-electron chi connectivity index (χ3n) is 4.21. The molecule has 0 aliphatic carbocycles. The summed E-state index contributed by atoms with van der Waals surface area (Å²) in [5, 5.41) is 10.8. The normalized spacial score (nSPS) is 11.4. The number of ether oxygens (including phenoxy) is 1. The van der Waals surface area contributed by atoms with Gasteiger partial charge in [-0.2, -0.15) is 8.78 Å². The Hall–Kier alpha value is -3.27. The van der Waals surface area contributed by atoms with E-state index in [2.05, 4.69) is 20.3 Å². The molecule has 0 atom stereocenters. The van der Waals surface area contributed by atoms with Gasteiger partial charge in [-0.3, -0.25) is 9.59 Å². The second-order valence-electron chi connectivity index (χ2n) is 7.77. The van der Waals surface area contributed by atoms with E-state index in [-0.39, 0.29) is 34.3 Å². The summed E-state index contributed by atoms with van der Waals surface area (Å²) in [5.74, 6) is 0.0404. The molecule has 2 aromatic carbocycles. The molecular weight excluding hydrogens is 440 g/mol. The summed E-state index contributed by atoms with van der Waals surface area (Å²) in [6.45, 7) is 2.55. The van der Waals surface area contributed by atoms with E-state index in [1.54, 1.807) is 24.3 Å². The van der Waals surface area contributed by atoms with Crippen molar-refractivity contribution in [3.63, 3.8) is 0 Å². The van der Waals surface area contributed by atoms with E-state index in [4.69, 9.17) is 4.42 Å². The minimum atomic E-state index is -2.90. The molecule has 0 bridgehead atoms. The summed E-state index contributed by atoms with van der Waals surface area (Å²) in [6.07, 6.45) is 0. The third kappa shape index (κ3) is 6.36. The van der Waals surface area contributed by atoms with Crippen LogP contribution in [-0.4, -0.2) is 34.3 Å². The number of halogens is 2. The van der Waals surface area contributed by atoms with Gasteiger partial charge >= 0.3 is 6.61 Å². The van der Waals surface area contributed by atoms with Crippen LogP contribution >= 0.6 is 11.8 Å². The van der Waals surface area contributed by atoms with Crippen LogP contribution in [0.25, 0.3) is 11.5 Å². The minimum Gasteiger partial charge on any atom is -0.435 e. The van der Waals surface area contributed by atoms with Crippen LogP contribution in [0.15, 0.2) is 58.2 Å². The molecule has 0 spiro atoms. The van der Waals surface area contributed by atoms with E-state index in [9.17, 15) is 18.4 Å². The SMILES string of the molecule is CC(C)(C)C(=O)Nc1ccc(C(=O)CSc2nnc(-c3ccc(OC(F)F)cc3)o2)cc1. The molecule has 0 aliphatic heterocycles. The van der Waals surface area contributed by atoms with Crippen molar-refractivity contribution in [2.24, 2.45) is 5.41 Å². The van der Waals surface area contributed by atoms with Crippen molar-refractivity contribution in [3.05, 3.63) is 54.1 Å². The van der Waals surface area contributed by atoms with Gasteiger partial charge in [0.05, 0.1) is 5.75 Å². The van der Waals surface area contributed by atoms with Gasteiger partial charge in [-0.15, -0.1) is 10.2 Å². The fourth-order valence-electron chi connectivity index (χ4n) is 2.43. The molecule has 1 N–H and O–H groups in total. The number of rotatable bonds is 8. The first kappa shape index (κ1) is 23.4. The molecule has 7 nitrogen and oxygen atoms in total. The van der Waals surface area contributed by atoms with Gasteiger partial charge in [0.25, 0.3) is 5.22 Å². The number of amides is 1. The predicted molar refractivity (Wildman–Crippen MR) is 116 cm³/mol. The number of carbonyl (C=O) groups excluding carboxylic acids is 2. The first-order valence-electron chi connectivity index (χ1n) is 9.58. The monoisotopic (exact) mass is 461 g/mol. The zero-order chi connectivity index (χ0) is 23.3. The van der Waals surface area contributed by atoms with Gasteiger partial charge in [-0.1, -0.05) is 32.5 Å². The van der Waals surface area contributed by atoms with E-state index in [0.29, 0.717) is 16.8 Å². The van der Waals surface area contributed by atoms with Crippen molar-refractivity contribution in [1.82, 2.24) is 10.2 Å². The zero-order valence-electron chi connectivity index (χ0n) is 17.6. The Labute approximate surface area is 187 Å². The van der Waals surface area contributed by atoms with Crippen LogP contribution in [-0.2, 0) is 4.79 Å². The standard InChI is InChI=1S/C22H21F2N3O4S/c1-22(2,3)19(29)25-15-8-4-13(5-9-15)17(28)12-32-21-27-26-18(31-21)14-6-10-16(11-7-14)30-20(23)24/h4-11,20H,12H2,1-3H3,(H,25,29). The number of hydrogen-bond donors (Lipinski definition) is 1. The topological polar surface area (TPSA) is 94.3 Å². The molecule has 0 radical (unpaired) electrons. The lowest BCUT2D eigenvalue weighted by Crippen LogP contribution is -2.27. The van der Waals surface area contributed by atoms with Crippen LogP contribution in [0.2, 0.25) is 0 Å². The van der Waals surface area contributed by atoms with E-state index in [0.717, 1.165) is 11.8 Å². The first-order chi connectivity index (χ1) is 15.1. The molecule has 1 heterocycles. The van der Waals surface area contributed by atoms with Gasteiger partial charge in [0.15, 0.2) is 5.78 Å². The fourth-order valence-corrected chi connectivity index (χ4v) is 3.09. The Morgan fingerprint density at radius 2 is 1.72 bits per heavy atom. The van der Waals surface area contributed by atoms with E-state index < -0.39 is 12.0 Å². The first-order valence-corrected chi connectivity index (χ1v) is 10.6. The Bertz CT molecular complexity index is 1080. The molecule has 3 aromatic rings. The number of nitrogens with zero attached hydrogens (tertiary/aromatic N) is 2. The van der Waals surface area contributed by atoms with Crippen molar-refractivity contribution >= 4 is 29.1 Å². The van der Waals surface area contributed by atoms with Crippen molar-refractivity contribution in [1.29, 1.82) is 0 Å². The number of carbonyl (C=O) groups is 2. The van der Waals surface area contributed by atoms with Crippen LogP contribution in [0.4, 0.5) is 14.5 Å². The van der Waals surface area contributed by atoms with Gasteiger partial charge < -0.3 is 14.5 Å². The molecule has 10 heteroatoms. The van der Waals surface area contributed by atoms with Crippen LogP contribution in [0, 0.1) is 5.41 Å². The summed E-state index contributed by atoms with van der Waals surface area (Å²) >= 11 is 1.09. The van der Waals surface area contributed by atoms with Crippen molar-refractivity contribution in [2.45, 2.75) is 32.6 Å². The van der Waals surface area contributed by atoms with Crippen LogP contribution < -0.4 is 10.1 Å². The van der Waals surface area contributed by atoms with Crippen molar-refractivity contribution < 1.29 is 27.5 Å². The second-order valence-corrected chi connectivity index (χ2v) is 8.70. The summed E-state index contributed by atoms with van der Waals surface area (Å²) in [4.78, 5) is 24.5. The molecular formula is C22H21F2N3O4S. The molecule has 1 amide bonds. The minimum absolute atomic E-state index is 0.0208. The highest BCUT2D eigenvalue weighted by atomic mass is 32.2. The average Bonchev–Trinajstić information content (AvgIpc) is 3.21. The Morgan fingerprint density at radius 1 is 1.06 bits per heavy atom. The van der Waals surface area contributed by atoms with Gasteiger partial charge in [0.1, 0.15) is 5.75 Å². The van der Waals surface area contributed by atoms with Gasteiger partial charge in [-0.25, -0.2) is 0 Å². The predicted octanol–water partition coefficient (Wildman–Crippen LogP) is 5.30. The summed E-state index contributed by atoms with van der Waals surface area (Å²) in [7, 11) is 0. The van der Waals surface area contributed by atoms with Crippen LogP contribution in [0.5, 0.6) is 5.75 Å². The van der Waals surface area contributed by atoms with Crippen molar-refractivity contribution in [2.75, 3.05) is 11.1 Å². The third-order valence-corrected chi connectivity index (χ3v) is 5.02. The van der Waals surface area contributed by atoms with E-state index >= 15 is 0 Å². The second kappa shape index (κ2) is 9.90. The number of aromatic nitrogens is 2. The number of benzene rings is 2. The van der Waals surface area contributed by atoms with Gasteiger partial charge in [-0.05, 0) is 48.5 Å². The highest BCUT2D eigenvalue weighted by molar-refractivity contribution is 7.99. The molecule has 0 aliphatic rings. The largest absolute Gasteiger partial charge is 0.435 e. The highest BCUT2D eigenvalue weighted by Gasteiger charge is 2.21. The maximum absolute atomic E-state index is 12.4. The Balaban J connectivity index is 1.55. The smallest absolute Gasteiger partial charge is 0.387 e. The number of alkyl halides is 2. The molecule has 168 valence electrons. The summed E-state index contributed by atoms with van der Waals surface area (Å²) in [5.41, 5.74) is 1.11. The van der Waals surface area contributed by atoms with Crippen LogP contribution in [0.3, 0.4) is 0 Å². The number of anilines is 1. The van der Waals surface area contributed by atoms with E-state index in [1.165, 1.54) is 24.3 Å². The Morgan fingerprint density at radius 3 is 2.31 bits per heavy atom. The lowest BCUT2D eigenvalue weighted by Gasteiger charge is -2.17. The molecule has 1 aromatic heterocycles. The number of ketones is 1. The molecule has 32 heavy (non-hydrogen) atoms. The molecule has 0 unspecified atom stereocenters. The average molecular weight is 461 g/mol.